The van der Waals surface area contributed by atoms with Crippen LogP contribution in [-0.4, -0.2) is 29.3 Å². The summed E-state index contributed by atoms with van der Waals surface area (Å²) in [6.07, 6.45) is 8.15. The van der Waals surface area contributed by atoms with Gasteiger partial charge in [0.05, 0.1) is 11.1 Å². The Morgan fingerprint density at radius 2 is 2.12 bits per heavy atom. The maximum atomic E-state index is 9.23. The Kier molecular flexibility index (Phi) is 4.80. The first-order valence-corrected chi connectivity index (χ1v) is 7.10. The van der Waals surface area contributed by atoms with Crippen LogP contribution in [-0.2, 0) is 0 Å². The van der Waals surface area contributed by atoms with Crippen molar-refractivity contribution in [3.63, 3.8) is 0 Å². The fraction of sp³-hybridized carbons (Fsp3) is 0.615. The van der Waals surface area contributed by atoms with Crippen LogP contribution in [0.4, 0.5) is 5.82 Å². The van der Waals surface area contributed by atoms with Crippen LogP contribution < -0.4 is 4.90 Å². The van der Waals surface area contributed by atoms with Gasteiger partial charge >= 0.3 is 0 Å². The van der Waals surface area contributed by atoms with Gasteiger partial charge in [-0.25, -0.2) is 4.98 Å². The van der Waals surface area contributed by atoms with Gasteiger partial charge in [0.15, 0.2) is 0 Å². The van der Waals surface area contributed by atoms with E-state index in [1.165, 1.54) is 32.1 Å². The van der Waals surface area contributed by atoms with Crippen molar-refractivity contribution in [2.75, 3.05) is 18.1 Å². The summed E-state index contributed by atoms with van der Waals surface area (Å²) in [4.78, 5) is 6.69. The molecular weight excluding hydrogens is 280 g/mol. The van der Waals surface area contributed by atoms with Crippen LogP contribution >= 0.6 is 15.9 Å². The average Bonchev–Trinajstić information content (AvgIpc) is 2.38. The number of aliphatic hydroxyl groups excluding tert-OH is 1. The van der Waals surface area contributed by atoms with E-state index in [9.17, 15) is 5.11 Å². The molecule has 1 aromatic heterocycles. The number of halogens is 1. The molecular formula is C13H19BrN2O. The van der Waals surface area contributed by atoms with Gasteiger partial charge in [-0.05, 0) is 40.9 Å². The standard InChI is InChI=1S/C13H19BrN2O/c14-12-7-4-8-15-13(12)16(9-10-17)11-5-2-1-3-6-11/h4,7-8,11,17H,1-3,5-6,9-10H2. The summed E-state index contributed by atoms with van der Waals surface area (Å²) >= 11 is 3.55. The number of rotatable bonds is 4. The molecule has 0 radical (unpaired) electrons. The monoisotopic (exact) mass is 298 g/mol. The van der Waals surface area contributed by atoms with E-state index in [0.29, 0.717) is 12.6 Å². The predicted molar refractivity (Wildman–Crippen MR) is 73.2 cm³/mol. The average molecular weight is 299 g/mol. The van der Waals surface area contributed by atoms with Gasteiger partial charge in [0.1, 0.15) is 5.82 Å². The lowest BCUT2D eigenvalue weighted by Crippen LogP contribution is -2.39. The highest BCUT2D eigenvalue weighted by Crippen LogP contribution is 2.30. The molecule has 0 saturated heterocycles. The molecule has 0 aromatic carbocycles. The summed E-state index contributed by atoms with van der Waals surface area (Å²) in [7, 11) is 0. The zero-order valence-corrected chi connectivity index (χ0v) is 11.6. The van der Waals surface area contributed by atoms with Crippen molar-refractivity contribution in [3.8, 4) is 0 Å². The van der Waals surface area contributed by atoms with E-state index >= 15 is 0 Å². The lowest BCUT2D eigenvalue weighted by molar-refractivity contribution is 0.289. The molecule has 1 saturated carbocycles. The maximum Gasteiger partial charge on any atom is 0.143 e. The highest BCUT2D eigenvalue weighted by Gasteiger charge is 2.23. The zero-order valence-electron chi connectivity index (χ0n) is 9.98. The lowest BCUT2D eigenvalue weighted by atomic mass is 9.94. The van der Waals surface area contributed by atoms with Crippen molar-refractivity contribution in [1.29, 1.82) is 0 Å². The van der Waals surface area contributed by atoms with Gasteiger partial charge in [-0.15, -0.1) is 0 Å². The number of nitrogens with zero attached hydrogens (tertiary/aromatic N) is 2. The van der Waals surface area contributed by atoms with E-state index in [1.54, 1.807) is 0 Å². The van der Waals surface area contributed by atoms with E-state index in [-0.39, 0.29) is 6.61 Å². The van der Waals surface area contributed by atoms with Crippen LogP contribution in [0.5, 0.6) is 0 Å². The van der Waals surface area contributed by atoms with Gasteiger partial charge in [0.2, 0.25) is 0 Å². The maximum absolute atomic E-state index is 9.23. The molecule has 1 fully saturated rings. The molecule has 0 atom stereocenters. The topological polar surface area (TPSA) is 36.4 Å². The molecule has 0 aliphatic heterocycles. The minimum Gasteiger partial charge on any atom is -0.395 e. The van der Waals surface area contributed by atoms with E-state index in [1.807, 2.05) is 18.3 Å². The summed E-state index contributed by atoms with van der Waals surface area (Å²) in [6.45, 7) is 0.847. The van der Waals surface area contributed by atoms with Crippen molar-refractivity contribution >= 4 is 21.7 Å². The molecule has 17 heavy (non-hydrogen) atoms. The molecule has 1 N–H and O–H groups in total. The highest BCUT2D eigenvalue weighted by molar-refractivity contribution is 9.10. The van der Waals surface area contributed by atoms with Gasteiger partial charge in [-0.3, -0.25) is 0 Å². The van der Waals surface area contributed by atoms with Crippen LogP contribution in [0.15, 0.2) is 22.8 Å². The van der Waals surface area contributed by atoms with Crippen molar-refractivity contribution < 1.29 is 5.11 Å². The van der Waals surface area contributed by atoms with Crippen molar-refractivity contribution in [2.24, 2.45) is 0 Å². The summed E-state index contributed by atoms with van der Waals surface area (Å²) in [5, 5.41) is 9.23. The number of aliphatic hydroxyl groups is 1. The van der Waals surface area contributed by atoms with Gasteiger partial charge in [-0.1, -0.05) is 19.3 Å². The second-order valence-electron chi connectivity index (χ2n) is 4.52. The van der Waals surface area contributed by atoms with Crippen molar-refractivity contribution in [3.05, 3.63) is 22.8 Å². The zero-order chi connectivity index (χ0) is 12.1. The van der Waals surface area contributed by atoms with Crippen LogP contribution in [0, 0.1) is 0 Å². The van der Waals surface area contributed by atoms with Gasteiger partial charge in [0.25, 0.3) is 0 Å². The van der Waals surface area contributed by atoms with Crippen molar-refractivity contribution in [1.82, 2.24) is 4.98 Å². The van der Waals surface area contributed by atoms with E-state index in [2.05, 4.69) is 25.8 Å². The molecule has 1 heterocycles. The van der Waals surface area contributed by atoms with E-state index < -0.39 is 0 Å². The Bertz CT molecular complexity index is 353. The van der Waals surface area contributed by atoms with E-state index in [4.69, 9.17) is 0 Å². The summed E-state index contributed by atoms with van der Waals surface area (Å²) in [6, 6.07) is 4.46. The molecule has 2 rings (SSSR count). The van der Waals surface area contributed by atoms with Gasteiger partial charge in [0, 0.05) is 18.8 Å². The number of aromatic nitrogens is 1. The number of pyridine rings is 1. The predicted octanol–water partition coefficient (Wildman–Crippen LogP) is 2.98. The van der Waals surface area contributed by atoms with Crippen LogP contribution in [0.25, 0.3) is 0 Å². The third kappa shape index (κ3) is 3.19. The van der Waals surface area contributed by atoms with Crippen LogP contribution in [0.3, 0.4) is 0 Å². The largest absolute Gasteiger partial charge is 0.395 e. The van der Waals surface area contributed by atoms with Crippen LogP contribution in [0.2, 0.25) is 0 Å². The lowest BCUT2D eigenvalue weighted by Gasteiger charge is -2.35. The minimum atomic E-state index is 0.180. The normalized spacial score (nSPS) is 17.1. The molecule has 94 valence electrons. The first-order valence-electron chi connectivity index (χ1n) is 6.31. The molecule has 4 heteroatoms. The molecule has 0 amide bonds. The molecule has 1 aromatic rings. The second kappa shape index (κ2) is 6.36. The Labute approximate surface area is 111 Å². The van der Waals surface area contributed by atoms with Crippen molar-refractivity contribution in [2.45, 2.75) is 38.1 Å². The molecule has 0 unspecified atom stereocenters. The second-order valence-corrected chi connectivity index (χ2v) is 5.37. The highest BCUT2D eigenvalue weighted by atomic mass is 79.9. The number of anilines is 1. The fourth-order valence-electron chi connectivity index (χ4n) is 2.55. The Balaban J connectivity index is 2.18. The molecule has 3 nitrogen and oxygen atoms in total. The number of hydrogen-bond acceptors (Lipinski definition) is 3. The Morgan fingerprint density at radius 1 is 1.35 bits per heavy atom. The van der Waals surface area contributed by atoms with Crippen LogP contribution in [0.1, 0.15) is 32.1 Å². The first-order chi connectivity index (χ1) is 8.33. The minimum absolute atomic E-state index is 0.180. The van der Waals surface area contributed by atoms with Gasteiger partial charge in [-0.2, -0.15) is 0 Å². The molecule has 1 aliphatic rings. The molecule has 0 bridgehead atoms. The fourth-order valence-corrected chi connectivity index (χ4v) is 3.03. The smallest absolute Gasteiger partial charge is 0.143 e. The first kappa shape index (κ1) is 12.8. The number of hydrogen-bond donors (Lipinski definition) is 1. The van der Waals surface area contributed by atoms with Gasteiger partial charge < -0.3 is 10.0 Å². The third-order valence-electron chi connectivity index (χ3n) is 3.37. The SMILES string of the molecule is OCCN(c1ncccc1Br)C1CCCCC1. The summed E-state index contributed by atoms with van der Waals surface area (Å²) < 4.78 is 1.01. The molecule has 1 aliphatic carbocycles. The molecule has 0 spiro atoms. The Morgan fingerprint density at radius 3 is 2.76 bits per heavy atom. The summed E-state index contributed by atoms with van der Waals surface area (Å²) in [5.41, 5.74) is 0. The van der Waals surface area contributed by atoms with E-state index in [0.717, 1.165) is 10.3 Å². The third-order valence-corrected chi connectivity index (χ3v) is 3.99. The quantitative estimate of drug-likeness (QED) is 0.928. The summed E-state index contributed by atoms with van der Waals surface area (Å²) in [5.74, 6) is 0.966. The Hall–Kier alpha value is -0.610.